The van der Waals surface area contributed by atoms with Crippen LogP contribution in [0.2, 0.25) is 0 Å². The Bertz CT molecular complexity index is 1600. The molecule has 2 aliphatic heterocycles. The van der Waals surface area contributed by atoms with E-state index in [-0.39, 0.29) is 81.4 Å². The summed E-state index contributed by atoms with van der Waals surface area (Å²) in [5, 5.41) is 123. The summed E-state index contributed by atoms with van der Waals surface area (Å²) in [4.78, 5) is 73.2. The minimum absolute atomic E-state index is 0. The molecular weight excluding hydrogens is 982 g/mol. The number of nitrogens with one attached hydrogen (secondary N) is 3. The molecule has 0 radical (unpaired) electrons. The zero-order valence-electron chi connectivity index (χ0n) is 39.2. The Balaban J connectivity index is 0.0000245. The van der Waals surface area contributed by atoms with Crippen LogP contribution in [-0.2, 0) is 64.8 Å². The monoisotopic (exact) mass is 1060 g/mol. The van der Waals surface area contributed by atoms with Crippen molar-refractivity contribution in [1.82, 2.24) is 31.1 Å². The summed E-state index contributed by atoms with van der Waals surface area (Å²) in [7, 11) is 1.44. The SMILES string of the molecule is CNC(CO)[C@H]1O[C@H](O)[C@H](O[C@H]2O[C@H](COC(=O)CCC(=O)N(O)CCCCCNC(=O)CCC(=O)N(O)CCCCCNC(=O)CCC(=O)N(O)CCCCCO)[C@@H](O)[C@H](O)/C2=N\O)[C@@H](O)[C@@H]1O.[Fe]. The molecule has 0 spiro atoms. The van der Waals surface area contributed by atoms with Gasteiger partial charge in [0.05, 0.1) is 19.1 Å². The molecule has 2 aliphatic rings. The second-order valence-corrected chi connectivity index (χ2v) is 16.5. The van der Waals surface area contributed by atoms with Crippen molar-refractivity contribution in [3.05, 3.63) is 0 Å². The number of unbranched alkanes of at least 4 members (excludes halogenated alkanes) is 6. The quantitative estimate of drug-likeness (QED) is 0.00742. The van der Waals surface area contributed by atoms with Gasteiger partial charge in [-0.3, -0.25) is 44.4 Å². The molecule has 0 aromatic carbocycles. The molecule has 2 saturated heterocycles. The summed E-state index contributed by atoms with van der Waals surface area (Å²) < 4.78 is 21.4. The zero-order chi connectivity index (χ0) is 51.5. The Morgan fingerprint density at radius 2 is 1.14 bits per heavy atom. The number of carbonyl (C=O) groups is 6. The number of amides is 5. The van der Waals surface area contributed by atoms with E-state index in [1.807, 2.05) is 0 Å². The fourth-order valence-electron chi connectivity index (χ4n) is 7.00. The summed E-state index contributed by atoms with van der Waals surface area (Å²) >= 11 is 0. The van der Waals surface area contributed by atoms with Crippen molar-refractivity contribution in [2.75, 3.05) is 59.6 Å². The van der Waals surface area contributed by atoms with Crippen LogP contribution in [0.5, 0.6) is 0 Å². The number of ether oxygens (including phenoxy) is 4. The molecule has 70 heavy (non-hydrogen) atoms. The average Bonchev–Trinajstić information content (AvgIpc) is 3.33. The van der Waals surface area contributed by atoms with E-state index in [4.69, 9.17) is 24.1 Å². The van der Waals surface area contributed by atoms with Crippen LogP contribution in [-0.4, -0.2) is 234 Å². The van der Waals surface area contributed by atoms with Gasteiger partial charge in [-0.2, -0.15) is 0 Å². The minimum atomic E-state index is -1.96. The van der Waals surface area contributed by atoms with Crippen molar-refractivity contribution in [2.45, 2.75) is 158 Å². The normalized spacial score (nSPS) is 24.2. The summed E-state index contributed by atoms with van der Waals surface area (Å²) in [6, 6.07) is -0.898. The maximum atomic E-state index is 12.4. The molecule has 0 aromatic heterocycles. The van der Waals surface area contributed by atoms with Crippen LogP contribution in [0.25, 0.3) is 0 Å². The van der Waals surface area contributed by atoms with Gasteiger partial charge in [0.25, 0.3) is 0 Å². The van der Waals surface area contributed by atoms with Crippen LogP contribution in [0.4, 0.5) is 0 Å². The van der Waals surface area contributed by atoms with Crippen LogP contribution < -0.4 is 16.0 Å². The van der Waals surface area contributed by atoms with Gasteiger partial charge in [0.15, 0.2) is 6.29 Å². The van der Waals surface area contributed by atoms with E-state index >= 15 is 0 Å². The topological polar surface area (TPSA) is 420 Å². The molecule has 5 amide bonds. The van der Waals surface area contributed by atoms with Gasteiger partial charge in [0.2, 0.25) is 35.8 Å². The Labute approximate surface area is 415 Å². The first-order chi connectivity index (χ1) is 32.9. The number of hydrogen-bond acceptors (Lipinski definition) is 23. The third-order valence-electron chi connectivity index (χ3n) is 11.2. The number of esters is 1. The van der Waals surface area contributed by atoms with Crippen LogP contribution >= 0.6 is 0 Å². The first kappa shape index (κ1) is 64.3. The molecule has 1 unspecified atom stereocenters. The van der Waals surface area contributed by atoms with E-state index in [1.54, 1.807) is 0 Å². The standard InChI is InChI=1S/C41H73N7O21.Fe/c1-42-25(23-50)38-36(59)37(60)39(40(61)68-38)69-41-33(45-62)35(58)34(57)26(67-41)24-66-32(56)16-15-31(55)48(65)20-8-3-6-18-44-27(51)11-13-29(53)46(63)19-7-2-5-17-43-28(52)12-14-30(54)47(64)21-9-4-10-22-49;/h25-26,34-42,49-50,57-65H,2-24H2,1H3,(H,43,52)(H,44,51);/b45-33+;/t25?,26-,34-,35-,36+,37+,38-,39-,40+,41-;/m1./s1. The number of rotatable bonds is 33. The van der Waals surface area contributed by atoms with Gasteiger partial charge >= 0.3 is 5.97 Å². The third-order valence-corrected chi connectivity index (χ3v) is 11.2. The molecule has 10 atom stereocenters. The van der Waals surface area contributed by atoms with Crippen molar-refractivity contribution in [2.24, 2.45) is 5.16 Å². The summed E-state index contributed by atoms with van der Waals surface area (Å²) in [5.41, 5.74) is -0.698. The van der Waals surface area contributed by atoms with E-state index in [9.17, 15) is 80.2 Å². The maximum absolute atomic E-state index is 12.4. The van der Waals surface area contributed by atoms with Crippen LogP contribution in [0.15, 0.2) is 5.16 Å². The van der Waals surface area contributed by atoms with Crippen LogP contribution in [0.1, 0.15) is 96.3 Å². The van der Waals surface area contributed by atoms with Crippen molar-refractivity contribution in [3.8, 4) is 0 Å². The number of aliphatic hydroxyl groups is 7. The molecule has 2 heterocycles. The number of hydroxylamine groups is 6. The number of likely N-dealkylation sites (N-methyl/N-ethyl adjacent to an activating group) is 1. The first-order valence-corrected chi connectivity index (χ1v) is 23.0. The summed E-state index contributed by atoms with van der Waals surface area (Å²) in [6.45, 7) is -0.614. The molecule has 0 aliphatic carbocycles. The van der Waals surface area contributed by atoms with E-state index in [1.165, 1.54) is 7.05 Å². The van der Waals surface area contributed by atoms with Crippen molar-refractivity contribution in [1.29, 1.82) is 0 Å². The number of nitrogens with zero attached hydrogens (tertiary/aromatic N) is 4. The second-order valence-electron chi connectivity index (χ2n) is 16.5. The Kier molecular flexibility index (Phi) is 32.5. The Morgan fingerprint density at radius 3 is 1.60 bits per heavy atom. The predicted molar refractivity (Wildman–Crippen MR) is 231 cm³/mol. The van der Waals surface area contributed by atoms with Crippen LogP contribution in [0, 0.1) is 0 Å². The minimum Gasteiger partial charge on any atom is -0.463 e. The van der Waals surface area contributed by atoms with Crippen molar-refractivity contribution in [3.63, 3.8) is 0 Å². The van der Waals surface area contributed by atoms with Gasteiger partial charge < -0.3 is 75.9 Å². The van der Waals surface area contributed by atoms with Crippen LogP contribution in [0.3, 0.4) is 0 Å². The largest absolute Gasteiger partial charge is 0.463 e. The summed E-state index contributed by atoms with van der Waals surface area (Å²) in [6.07, 6.45) is -12.8. The number of aliphatic hydroxyl groups excluding tert-OH is 7. The van der Waals surface area contributed by atoms with E-state index < -0.39 is 123 Å². The number of hydrogen-bond donors (Lipinski definition) is 14. The van der Waals surface area contributed by atoms with Gasteiger partial charge in [-0.15, -0.1) is 0 Å². The molecule has 14 N–H and O–H groups in total. The molecule has 2 rings (SSSR count). The summed E-state index contributed by atoms with van der Waals surface area (Å²) in [5.74, 6) is -3.77. The van der Waals surface area contributed by atoms with Crippen molar-refractivity contribution < 1.29 is 121 Å². The molecule has 29 heteroatoms. The maximum Gasteiger partial charge on any atom is 0.306 e. The van der Waals surface area contributed by atoms with Gasteiger partial charge in [0, 0.05) is 88.5 Å². The molecule has 406 valence electrons. The fraction of sp³-hybridized carbons (Fsp3) is 0.829. The van der Waals surface area contributed by atoms with E-state index in [0.717, 1.165) is 0 Å². The molecule has 0 aromatic rings. The Hall–Kier alpha value is -3.75. The van der Waals surface area contributed by atoms with Crippen molar-refractivity contribution >= 4 is 41.2 Å². The fourth-order valence-corrected chi connectivity index (χ4v) is 7.00. The van der Waals surface area contributed by atoms with E-state index in [0.29, 0.717) is 79.5 Å². The zero-order valence-corrected chi connectivity index (χ0v) is 40.3. The second kappa shape index (κ2) is 35.4. The predicted octanol–water partition coefficient (Wildman–Crippen LogP) is -4.06. The number of carbonyl (C=O) groups excluding carboxylic acids is 6. The van der Waals surface area contributed by atoms with Gasteiger partial charge in [0.1, 0.15) is 55.0 Å². The first-order valence-electron chi connectivity index (χ1n) is 23.0. The molecule has 2 fully saturated rings. The third kappa shape index (κ3) is 22.8. The van der Waals surface area contributed by atoms with Gasteiger partial charge in [-0.05, 0) is 64.8 Å². The molecule has 0 bridgehead atoms. The average molecular weight is 1060 g/mol. The molecule has 0 saturated carbocycles. The number of oxime groups is 1. The Morgan fingerprint density at radius 1 is 0.657 bits per heavy atom. The van der Waals surface area contributed by atoms with Gasteiger partial charge in [-0.1, -0.05) is 5.16 Å². The molecular formula is C41H73FeN7O21. The smallest absolute Gasteiger partial charge is 0.306 e. The molecule has 28 nitrogen and oxygen atoms in total. The van der Waals surface area contributed by atoms with E-state index in [2.05, 4.69) is 21.1 Å². The van der Waals surface area contributed by atoms with Gasteiger partial charge in [-0.25, -0.2) is 15.2 Å².